The number of aromatic nitrogens is 2. The van der Waals surface area contributed by atoms with E-state index in [1.165, 1.54) is 0 Å². The van der Waals surface area contributed by atoms with E-state index in [2.05, 4.69) is 10.2 Å². The zero-order valence-corrected chi connectivity index (χ0v) is 9.97. The highest BCUT2D eigenvalue weighted by atomic mass is 32.1. The minimum absolute atomic E-state index is 0.195. The van der Waals surface area contributed by atoms with Crippen LogP contribution >= 0.6 is 11.3 Å². The first-order chi connectivity index (χ1) is 8.38. The van der Waals surface area contributed by atoms with Gasteiger partial charge in [0.1, 0.15) is 0 Å². The molecule has 0 aliphatic heterocycles. The lowest BCUT2D eigenvalue weighted by Crippen LogP contribution is -2.03. The van der Waals surface area contributed by atoms with Crippen LogP contribution in [0.3, 0.4) is 0 Å². The molecule has 0 spiro atoms. The molecule has 0 aliphatic rings. The highest BCUT2D eigenvalue weighted by Gasteiger charge is 2.36. The molecule has 0 radical (unpaired) electrons. The highest BCUT2D eigenvalue weighted by molar-refractivity contribution is 7.13. The molecule has 2 aromatic rings. The Bertz CT molecular complexity index is 568. The van der Waals surface area contributed by atoms with Crippen LogP contribution < -0.4 is 10.5 Å². The van der Waals surface area contributed by atoms with Gasteiger partial charge in [-0.05, 0) is 18.6 Å². The van der Waals surface area contributed by atoms with E-state index in [1.807, 2.05) is 0 Å². The second-order valence-electron chi connectivity index (χ2n) is 3.46. The quantitative estimate of drug-likeness (QED) is 0.855. The Labute approximate surface area is 104 Å². The summed E-state index contributed by atoms with van der Waals surface area (Å²) in [6, 6.07) is 5.01. The summed E-state index contributed by atoms with van der Waals surface area (Å²) in [6.45, 7) is 1.77. The number of alkyl halides is 3. The van der Waals surface area contributed by atoms with Crippen molar-refractivity contribution in [3.05, 3.63) is 28.8 Å². The summed E-state index contributed by atoms with van der Waals surface area (Å²) in [5.41, 5.74) is 6.87. The van der Waals surface area contributed by atoms with E-state index in [0.717, 1.165) is 5.56 Å². The molecule has 2 rings (SSSR count). The number of hydrogen-bond donors (Lipinski definition) is 1. The molecule has 1 heterocycles. The molecule has 0 fully saturated rings. The number of nitrogens with zero attached hydrogens (tertiary/aromatic N) is 2. The van der Waals surface area contributed by atoms with Gasteiger partial charge in [0, 0.05) is 0 Å². The standard InChI is InChI=1S/C10H8F3N3OS/c1-5-3-2-4-6(7(5)14)17-9-16-15-8(18-9)10(11,12)13/h2-4H,14H2,1H3. The summed E-state index contributed by atoms with van der Waals surface area (Å²) >= 11 is 0.324. The van der Waals surface area contributed by atoms with Crippen molar-refractivity contribution < 1.29 is 17.9 Å². The number of halogens is 3. The van der Waals surface area contributed by atoms with Crippen LogP contribution in [-0.4, -0.2) is 10.2 Å². The van der Waals surface area contributed by atoms with Gasteiger partial charge in [-0.1, -0.05) is 28.6 Å². The zero-order chi connectivity index (χ0) is 13.3. The van der Waals surface area contributed by atoms with E-state index in [0.29, 0.717) is 17.0 Å². The fraction of sp³-hybridized carbons (Fsp3) is 0.200. The predicted molar refractivity (Wildman–Crippen MR) is 60.6 cm³/mol. The Morgan fingerprint density at radius 1 is 1.28 bits per heavy atom. The largest absolute Gasteiger partial charge is 0.445 e. The van der Waals surface area contributed by atoms with Gasteiger partial charge < -0.3 is 10.5 Å². The van der Waals surface area contributed by atoms with Crippen molar-refractivity contribution in [1.29, 1.82) is 0 Å². The molecule has 4 nitrogen and oxygen atoms in total. The van der Waals surface area contributed by atoms with Crippen molar-refractivity contribution in [3.8, 4) is 10.9 Å². The van der Waals surface area contributed by atoms with Crippen molar-refractivity contribution in [1.82, 2.24) is 10.2 Å². The minimum atomic E-state index is -4.52. The van der Waals surface area contributed by atoms with Crippen molar-refractivity contribution in [3.63, 3.8) is 0 Å². The minimum Gasteiger partial charge on any atom is -0.428 e. The number of ether oxygens (including phenoxy) is 1. The smallest absolute Gasteiger partial charge is 0.428 e. The average Bonchev–Trinajstić information content (AvgIpc) is 2.73. The second kappa shape index (κ2) is 4.45. The first-order valence-electron chi connectivity index (χ1n) is 4.81. The molecule has 1 aromatic heterocycles. The van der Waals surface area contributed by atoms with Gasteiger partial charge in [0.05, 0.1) is 5.69 Å². The van der Waals surface area contributed by atoms with Gasteiger partial charge in [0.15, 0.2) is 5.75 Å². The predicted octanol–water partition coefficient (Wildman–Crippen LogP) is 3.24. The number of anilines is 1. The maximum atomic E-state index is 12.3. The lowest BCUT2D eigenvalue weighted by Gasteiger charge is -2.06. The fourth-order valence-electron chi connectivity index (χ4n) is 1.20. The van der Waals surface area contributed by atoms with Gasteiger partial charge in [-0.2, -0.15) is 13.2 Å². The summed E-state index contributed by atoms with van der Waals surface area (Å²) in [5, 5.41) is 5.09. The number of hydrogen-bond acceptors (Lipinski definition) is 5. The first-order valence-corrected chi connectivity index (χ1v) is 5.63. The molecule has 18 heavy (non-hydrogen) atoms. The highest BCUT2D eigenvalue weighted by Crippen LogP contribution is 2.36. The third-order valence-electron chi connectivity index (χ3n) is 2.13. The van der Waals surface area contributed by atoms with Crippen LogP contribution in [0.25, 0.3) is 0 Å². The zero-order valence-electron chi connectivity index (χ0n) is 9.15. The second-order valence-corrected chi connectivity index (χ2v) is 4.40. The summed E-state index contributed by atoms with van der Waals surface area (Å²) in [4.78, 5) is 0. The Morgan fingerprint density at radius 2 is 2.00 bits per heavy atom. The van der Waals surface area contributed by atoms with Crippen LogP contribution in [-0.2, 0) is 6.18 Å². The molecular weight excluding hydrogens is 267 g/mol. The van der Waals surface area contributed by atoms with Gasteiger partial charge in [0.25, 0.3) is 5.19 Å². The van der Waals surface area contributed by atoms with Crippen LogP contribution in [0, 0.1) is 6.92 Å². The fourth-order valence-corrected chi connectivity index (χ4v) is 1.78. The molecule has 0 saturated heterocycles. The Kier molecular flexibility index (Phi) is 3.12. The van der Waals surface area contributed by atoms with E-state index in [9.17, 15) is 13.2 Å². The van der Waals surface area contributed by atoms with Crippen LogP contribution in [0.5, 0.6) is 10.9 Å². The van der Waals surface area contributed by atoms with Gasteiger partial charge in [0.2, 0.25) is 5.01 Å². The van der Waals surface area contributed by atoms with Gasteiger partial charge in [-0.15, -0.1) is 5.10 Å². The van der Waals surface area contributed by atoms with Crippen molar-refractivity contribution in [2.75, 3.05) is 5.73 Å². The molecule has 0 atom stereocenters. The number of para-hydroxylation sites is 1. The number of nitrogens with two attached hydrogens (primary N) is 1. The SMILES string of the molecule is Cc1cccc(Oc2nnc(C(F)(F)F)s2)c1N. The third kappa shape index (κ3) is 2.53. The van der Waals surface area contributed by atoms with Crippen LogP contribution in [0.1, 0.15) is 10.6 Å². The van der Waals surface area contributed by atoms with E-state index in [4.69, 9.17) is 10.5 Å². The normalized spacial score (nSPS) is 11.6. The summed E-state index contributed by atoms with van der Waals surface area (Å²) in [6.07, 6.45) is -4.52. The molecule has 2 N–H and O–H groups in total. The topological polar surface area (TPSA) is 61.0 Å². The van der Waals surface area contributed by atoms with E-state index in [1.54, 1.807) is 25.1 Å². The average molecular weight is 275 g/mol. The molecule has 0 bridgehead atoms. The van der Waals surface area contributed by atoms with Crippen molar-refractivity contribution in [2.45, 2.75) is 13.1 Å². The number of benzene rings is 1. The van der Waals surface area contributed by atoms with Crippen LogP contribution in [0.2, 0.25) is 0 Å². The summed E-state index contributed by atoms with van der Waals surface area (Å²) < 4.78 is 42.1. The molecule has 0 aliphatic carbocycles. The lowest BCUT2D eigenvalue weighted by molar-refractivity contribution is -0.138. The Hall–Kier alpha value is -1.83. The molecule has 96 valence electrons. The number of nitrogen functional groups attached to an aromatic ring is 1. The van der Waals surface area contributed by atoms with Crippen LogP contribution in [0.4, 0.5) is 18.9 Å². The molecular formula is C10H8F3N3OS. The van der Waals surface area contributed by atoms with Crippen molar-refractivity contribution in [2.24, 2.45) is 0 Å². The molecule has 0 saturated carbocycles. The van der Waals surface area contributed by atoms with Gasteiger partial charge >= 0.3 is 6.18 Å². The first kappa shape index (κ1) is 12.6. The number of aryl methyl sites for hydroxylation is 1. The maximum absolute atomic E-state index is 12.3. The molecule has 1 aromatic carbocycles. The monoisotopic (exact) mass is 275 g/mol. The summed E-state index contributed by atoms with van der Waals surface area (Å²) in [7, 11) is 0. The van der Waals surface area contributed by atoms with Gasteiger partial charge in [-0.25, -0.2) is 0 Å². The molecule has 0 unspecified atom stereocenters. The van der Waals surface area contributed by atoms with Gasteiger partial charge in [-0.3, -0.25) is 0 Å². The Balaban J connectivity index is 2.24. The molecule has 8 heteroatoms. The number of rotatable bonds is 2. The van der Waals surface area contributed by atoms with Crippen molar-refractivity contribution >= 4 is 17.0 Å². The Morgan fingerprint density at radius 3 is 2.61 bits per heavy atom. The maximum Gasteiger partial charge on any atom is 0.445 e. The lowest BCUT2D eigenvalue weighted by atomic mass is 10.2. The van der Waals surface area contributed by atoms with E-state index < -0.39 is 11.2 Å². The third-order valence-corrected chi connectivity index (χ3v) is 2.98. The van der Waals surface area contributed by atoms with E-state index in [-0.39, 0.29) is 10.9 Å². The summed E-state index contributed by atoms with van der Waals surface area (Å²) in [5.74, 6) is 0.264. The van der Waals surface area contributed by atoms with E-state index >= 15 is 0 Å². The van der Waals surface area contributed by atoms with Crippen LogP contribution in [0.15, 0.2) is 18.2 Å². The molecule has 0 amide bonds.